The summed E-state index contributed by atoms with van der Waals surface area (Å²) in [5.41, 5.74) is 6.62. The van der Waals surface area contributed by atoms with Gasteiger partial charge in [-0.1, -0.05) is 30.3 Å². The molecule has 0 radical (unpaired) electrons. The molecule has 0 saturated carbocycles. The summed E-state index contributed by atoms with van der Waals surface area (Å²) >= 11 is 0. The number of rotatable bonds is 6. The summed E-state index contributed by atoms with van der Waals surface area (Å²) in [5.74, 6) is 0.0556. The van der Waals surface area contributed by atoms with Gasteiger partial charge in [-0.25, -0.2) is 4.79 Å². The van der Waals surface area contributed by atoms with Crippen molar-refractivity contribution in [3.8, 4) is 0 Å². The van der Waals surface area contributed by atoms with Gasteiger partial charge in [-0.05, 0) is 45.1 Å². The molecule has 0 aromatic heterocycles. The van der Waals surface area contributed by atoms with Crippen molar-refractivity contribution in [2.45, 2.75) is 58.0 Å². The van der Waals surface area contributed by atoms with Crippen LogP contribution in [-0.2, 0) is 25.6 Å². The topological polar surface area (TPSA) is 94.3 Å². The van der Waals surface area contributed by atoms with Crippen molar-refractivity contribution in [1.82, 2.24) is 9.80 Å². The molecule has 2 heterocycles. The normalized spacial score (nSPS) is 21.8. The van der Waals surface area contributed by atoms with Crippen molar-refractivity contribution in [3.05, 3.63) is 35.9 Å². The Morgan fingerprint density at radius 2 is 1.84 bits per heavy atom. The number of hydrogen-bond donors (Lipinski definition) is 1. The van der Waals surface area contributed by atoms with Crippen LogP contribution in [0.15, 0.2) is 30.3 Å². The van der Waals surface area contributed by atoms with Crippen LogP contribution in [0, 0.1) is 5.92 Å². The number of esters is 1. The summed E-state index contributed by atoms with van der Waals surface area (Å²) in [6.45, 7) is 10.1. The predicted octanol–water partition coefficient (Wildman–Crippen LogP) is 2.41. The first-order chi connectivity index (χ1) is 15.2. The molecule has 2 unspecified atom stereocenters. The molecule has 2 fully saturated rings. The average molecular weight is 448 g/mol. The highest BCUT2D eigenvalue weighted by atomic mass is 16.6. The van der Waals surface area contributed by atoms with Gasteiger partial charge in [-0.2, -0.15) is 0 Å². The molecule has 178 valence electrons. The van der Waals surface area contributed by atoms with E-state index in [9.17, 15) is 9.59 Å². The van der Waals surface area contributed by atoms with Crippen LogP contribution in [0.5, 0.6) is 0 Å². The molecule has 0 aliphatic carbocycles. The molecule has 1 amide bonds. The summed E-state index contributed by atoms with van der Waals surface area (Å²) < 4.78 is 16.7. The molecule has 2 aliphatic heterocycles. The number of nitrogens with two attached hydrogens (primary N) is 1. The first kappa shape index (κ1) is 24.5. The van der Waals surface area contributed by atoms with Gasteiger partial charge in [0.05, 0.1) is 12.7 Å². The lowest BCUT2D eigenvalue weighted by molar-refractivity contribution is -0.153. The van der Waals surface area contributed by atoms with Gasteiger partial charge in [0, 0.05) is 32.7 Å². The molecule has 32 heavy (non-hydrogen) atoms. The summed E-state index contributed by atoms with van der Waals surface area (Å²) in [6, 6.07) is 8.74. The minimum absolute atomic E-state index is 0.208. The number of piperidine rings is 1. The van der Waals surface area contributed by atoms with E-state index < -0.39 is 17.6 Å². The third kappa shape index (κ3) is 7.46. The van der Waals surface area contributed by atoms with Crippen LogP contribution in [0.25, 0.3) is 0 Å². The molecule has 0 spiro atoms. The van der Waals surface area contributed by atoms with Gasteiger partial charge in [0.2, 0.25) is 0 Å². The van der Waals surface area contributed by atoms with Crippen molar-refractivity contribution in [2.75, 3.05) is 39.3 Å². The second-order valence-electron chi connectivity index (χ2n) is 9.70. The van der Waals surface area contributed by atoms with E-state index in [2.05, 4.69) is 4.90 Å². The fraction of sp³-hybridized carbons (Fsp3) is 0.667. The first-order valence-corrected chi connectivity index (χ1v) is 11.5. The third-order valence-corrected chi connectivity index (χ3v) is 5.86. The monoisotopic (exact) mass is 447 g/mol. The molecule has 8 nitrogen and oxygen atoms in total. The average Bonchev–Trinajstić information content (AvgIpc) is 2.77. The number of hydrogen-bond acceptors (Lipinski definition) is 7. The van der Waals surface area contributed by atoms with E-state index in [0.29, 0.717) is 32.2 Å². The second kappa shape index (κ2) is 11.1. The maximum atomic E-state index is 12.4. The lowest BCUT2D eigenvalue weighted by atomic mass is 9.96. The SMILES string of the molecule is CC(C)(C)OC(=O)N1CCC(CN2CCOC(C(N)C(=O)OCc3ccccc3)C2)CC1. The van der Waals surface area contributed by atoms with E-state index in [-0.39, 0.29) is 18.8 Å². The molecule has 2 saturated heterocycles. The zero-order valence-corrected chi connectivity index (χ0v) is 19.5. The predicted molar refractivity (Wildman–Crippen MR) is 121 cm³/mol. The number of ether oxygens (including phenoxy) is 3. The van der Waals surface area contributed by atoms with Crippen molar-refractivity contribution in [2.24, 2.45) is 11.7 Å². The highest BCUT2D eigenvalue weighted by Crippen LogP contribution is 2.22. The molecule has 2 atom stereocenters. The van der Waals surface area contributed by atoms with Gasteiger partial charge < -0.3 is 24.8 Å². The molecular formula is C24H37N3O5. The van der Waals surface area contributed by atoms with E-state index in [1.165, 1.54) is 0 Å². The van der Waals surface area contributed by atoms with Crippen LogP contribution in [0.4, 0.5) is 4.79 Å². The van der Waals surface area contributed by atoms with E-state index in [4.69, 9.17) is 19.9 Å². The Morgan fingerprint density at radius 3 is 2.50 bits per heavy atom. The molecular weight excluding hydrogens is 410 g/mol. The minimum atomic E-state index is -0.810. The smallest absolute Gasteiger partial charge is 0.410 e. The fourth-order valence-corrected chi connectivity index (χ4v) is 4.08. The van der Waals surface area contributed by atoms with E-state index in [1.807, 2.05) is 51.1 Å². The summed E-state index contributed by atoms with van der Waals surface area (Å²) in [5, 5.41) is 0. The zero-order valence-electron chi connectivity index (χ0n) is 19.5. The number of amides is 1. The number of likely N-dealkylation sites (tertiary alicyclic amines) is 1. The summed E-state index contributed by atoms with van der Waals surface area (Å²) in [6.07, 6.45) is 1.26. The van der Waals surface area contributed by atoms with Crippen LogP contribution in [-0.4, -0.2) is 78.9 Å². The Morgan fingerprint density at radius 1 is 1.16 bits per heavy atom. The number of nitrogens with zero attached hydrogens (tertiary/aromatic N) is 2. The molecule has 8 heteroatoms. The minimum Gasteiger partial charge on any atom is -0.460 e. The van der Waals surface area contributed by atoms with E-state index in [1.54, 1.807) is 4.90 Å². The van der Waals surface area contributed by atoms with Crippen molar-refractivity contribution < 1.29 is 23.8 Å². The Balaban J connectivity index is 1.41. The zero-order chi connectivity index (χ0) is 23.1. The highest BCUT2D eigenvalue weighted by Gasteiger charge is 2.33. The third-order valence-electron chi connectivity index (χ3n) is 5.86. The van der Waals surface area contributed by atoms with Gasteiger partial charge in [0.15, 0.2) is 0 Å². The van der Waals surface area contributed by atoms with Gasteiger partial charge in [-0.3, -0.25) is 9.69 Å². The van der Waals surface area contributed by atoms with Gasteiger partial charge in [0.25, 0.3) is 0 Å². The van der Waals surface area contributed by atoms with Crippen LogP contribution in [0.3, 0.4) is 0 Å². The van der Waals surface area contributed by atoms with Gasteiger partial charge in [-0.15, -0.1) is 0 Å². The maximum absolute atomic E-state index is 12.4. The largest absolute Gasteiger partial charge is 0.460 e. The van der Waals surface area contributed by atoms with Crippen LogP contribution in [0.1, 0.15) is 39.2 Å². The molecule has 1 aromatic rings. The van der Waals surface area contributed by atoms with Crippen LogP contribution >= 0.6 is 0 Å². The number of carbonyl (C=O) groups excluding carboxylic acids is 2. The standard InChI is InChI=1S/C24H37N3O5/c1-24(2,3)32-23(29)27-11-9-18(10-12-27)15-26-13-14-30-20(16-26)21(25)22(28)31-17-19-7-5-4-6-8-19/h4-8,18,20-21H,9-17,25H2,1-3H3. The van der Waals surface area contributed by atoms with E-state index in [0.717, 1.165) is 31.5 Å². The fourth-order valence-electron chi connectivity index (χ4n) is 4.08. The Bertz CT molecular complexity index is 744. The number of morpholine rings is 1. The maximum Gasteiger partial charge on any atom is 0.410 e. The van der Waals surface area contributed by atoms with Crippen LogP contribution < -0.4 is 5.73 Å². The molecule has 2 aliphatic rings. The molecule has 2 N–H and O–H groups in total. The summed E-state index contributed by atoms with van der Waals surface area (Å²) in [7, 11) is 0. The lowest BCUT2D eigenvalue weighted by Crippen LogP contribution is -2.55. The van der Waals surface area contributed by atoms with Gasteiger partial charge >= 0.3 is 12.1 Å². The molecule has 1 aromatic carbocycles. The second-order valence-corrected chi connectivity index (χ2v) is 9.70. The van der Waals surface area contributed by atoms with Crippen LogP contribution in [0.2, 0.25) is 0 Å². The highest BCUT2D eigenvalue weighted by molar-refractivity contribution is 5.76. The number of benzene rings is 1. The lowest BCUT2D eigenvalue weighted by Gasteiger charge is -2.39. The molecule has 0 bridgehead atoms. The Kier molecular flexibility index (Phi) is 8.51. The van der Waals surface area contributed by atoms with Crippen molar-refractivity contribution in [1.29, 1.82) is 0 Å². The quantitative estimate of drug-likeness (QED) is 0.669. The molecule has 3 rings (SSSR count). The summed E-state index contributed by atoms with van der Waals surface area (Å²) in [4.78, 5) is 28.8. The Hall–Kier alpha value is -2.16. The Labute approximate surface area is 191 Å². The van der Waals surface area contributed by atoms with Gasteiger partial charge in [0.1, 0.15) is 18.2 Å². The van der Waals surface area contributed by atoms with Crippen molar-refractivity contribution in [3.63, 3.8) is 0 Å². The van der Waals surface area contributed by atoms with Crippen molar-refractivity contribution >= 4 is 12.1 Å². The first-order valence-electron chi connectivity index (χ1n) is 11.5. The number of carbonyl (C=O) groups is 2. The van der Waals surface area contributed by atoms with E-state index >= 15 is 0 Å².